The maximum absolute atomic E-state index is 13.0. The normalized spacial score (nSPS) is 24.1. The molecule has 2 unspecified atom stereocenters. The van der Waals surface area contributed by atoms with Crippen molar-refractivity contribution in [2.45, 2.75) is 18.6 Å². The van der Waals surface area contributed by atoms with E-state index in [0.29, 0.717) is 0 Å². The predicted molar refractivity (Wildman–Crippen MR) is 82.9 cm³/mol. The van der Waals surface area contributed by atoms with Gasteiger partial charge in [0.2, 0.25) is 0 Å². The molecule has 0 saturated carbocycles. The van der Waals surface area contributed by atoms with Crippen molar-refractivity contribution in [1.82, 2.24) is 9.80 Å². The highest BCUT2D eigenvalue weighted by Crippen LogP contribution is 2.28. The molecule has 9 nitrogen and oxygen atoms in total. The Morgan fingerprint density at radius 2 is 1.79 bits per heavy atom. The number of esters is 1. The van der Waals surface area contributed by atoms with Crippen LogP contribution in [0.5, 0.6) is 5.75 Å². The van der Waals surface area contributed by atoms with Crippen molar-refractivity contribution in [3.8, 4) is 5.75 Å². The highest BCUT2D eigenvalue weighted by molar-refractivity contribution is 6.23. The molecule has 3 amide bonds. The van der Waals surface area contributed by atoms with Crippen LogP contribution >= 0.6 is 0 Å². The first-order valence-corrected chi connectivity index (χ1v) is 7.04. The van der Waals surface area contributed by atoms with E-state index in [1.807, 2.05) is 0 Å². The van der Waals surface area contributed by atoms with Crippen LogP contribution in [0.15, 0.2) is 24.3 Å². The van der Waals surface area contributed by atoms with Gasteiger partial charge in [-0.1, -0.05) is 12.1 Å². The first-order chi connectivity index (χ1) is 11.1. The molecule has 4 N–H and O–H groups in total. The van der Waals surface area contributed by atoms with Crippen molar-refractivity contribution >= 4 is 23.7 Å². The van der Waals surface area contributed by atoms with Crippen molar-refractivity contribution in [1.29, 1.82) is 0 Å². The second kappa shape index (κ2) is 6.02. The summed E-state index contributed by atoms with van der Waals surface area (Å²) in [5, 5.41) is 0. The average Bonchev–Trinajstić information content (AvgIpc) is 2.56. The average molecular weight is 334 g/mol. The second-order valence-corrected chi connectivity index (χ2v) is 5.49. The van der Waals surface area contributed by atoms with Crippen LogP contribution in [0.3, 0.4) is 0 Å². The van der Waals surface area contributed by atoms with Gasteiger partial charge in [0.15, 0.2) is 11.3 Å². The summed E-state index contributed by atoms with van der Waals surface area (Å²) >= 11 is 0. The van der Waals surface area contributed by atoms with E-state index >= 15 is 0 Å². The molecule has 0 aliphatic carbocycles. The lowest BCUT2D eigenvalue weighted by molar-refractivity contribution is -0.136. The summed E-state index contributed by atoms with van der Waals surface area (Å²) < 4.78 is 4.99. The third-order valence-corrected chi connectivity index (χ3v) is 3.89. The molecule has 1 aliphatic rings. The number of rotatable bonds is 3. The maximum atomic E-state index is 13.0. The molecule has 0 aromatic heterocycles. The van der Waals surface area contributed by atoms with Crippen LogP contribution in [0.2, 0.25) is 0 Å². The Hall–Kier alpha value is -2.78. The summed E-state index contributed by atoms with van der Waals surface area (Å²) in [4.78, 5) is 50.3. The first kappa shape index (κ1) is 17.6. The van der Waals surface area contributed by atoms with Gasteiger partial charge in [-0.25, -0.2) is 4.79 Å². The van der Waals surface area contributed by atoms with Gasteiger partial charge in [0, 0.05) is 21.0 Å². The number of para-hydroxylation sites is 1. The molecule has 2 atom stereocenters. The Labute approximate surface area is 138 Å². The number of ether oxygens (including phenoxy) is 1. The van der Waals surface area contributed by atoms with E-state index < -0.39 is 35.4 Å². The summed E-state index contributed by atoms with van der Waals surface area (Å²) in [6, 6.07) is 5.18. The Bertz CT molecular complexity index is 734. The van der Waals surface area contributed by atoms with Crippen molar-refractivity contribution in [3.05, 3.63) is 29.8 Å². The monoisotopic (exact) mass is 334 g/mol. The van der Waals surface area contributed by atoms with Crippen molar-refractivity contribution < 1.29 is 23.9 Å². The lowest BCUT2D eigenvalue weighted by Gasteiger charge is -2.44. The van der Waals surface area contributed by atoms with Crippen LogP contribution in [0.25, 0.3) is 0 Å². The first-order valence-electron chi connectivity index (χ1n) is 7.04. The van der Waals surface area contributed by atoms with Crippen LogP contribution in [0, 0.1) is 0 Å². The molecule has 2 rings (SSSR count). The van der Waals surface area contributed by atoms with Crippen LogP contribution in [-0.4, -0.2) is 59.3 Å². The van der Waals surface area contributed by atoms with Gasteiger partial charge in [0.1, 0.15) is 11.9 Å². The van der Waals surface area contributed by atoms with E-state index in [1.165, 1.54) is 39.2 Å². The summed E-state index contributed by atoms with van der Waals surface area (Å²) in [5.41, 5.74) is 9.68. The van der Waals surface area contributed by atoms with E-state index in [-0.39, 0.29) is 11.3 Å². The molecule has 1 fully saturated rings. The number of nitrogens with zero attached hydrogens (tertiary/aromatic N) is 2. The Kier molecular flexibility index (Phi) is 4.41. The van der Waals surface area contributed by atoms with Gasteiger partial charge in [0.25, 0.3) is 5.91 Å². The van der Waals surface area contributed by atoms with E-state index in [0.717, 1.165) is 9.80 Å². The minimum Gasteiger partial charge on any atom is -0.426 e. The zero-order chi connectivity index (χ0) is 18.2. The molecule has 1 aliphatic heterocycles. The van der Waals surface area contributed by atoms with E-state index in [1.54, 1.807) is 6.07 Å². The predicted octanol–water partition coefficient (Wildman–Crippen LogP) is -0.699. The summed E-state index contributed by atoms with van der Waals surface area (Å²) in [7, 11) is 2.54. The van der Waals surface area contributed by atoms with Crippen LogP contribution in [0.4, 0.5) is 4.79 Å². The molecular weight excluding hydrogens is 316 g/mol. The molecule has 9 heteroatoms. The number of nitrogens with two attached hydrogens (primary N) is 2. The molecule has 1 aromatic carbocycles. The lowest BCUT2D eigenvalue weighted by atomic mass is 9.83. The topological polar surface area (TPSA) is 136 Å². The van der Waals surface area contributed by atoms with E-state index in [9.17, 15) is 19.2 Å². The number of carbonyl (C=O) groups excluding carboxylic acids is 4. The largest absolute Gasteiger partial charge is 0.426 e. The quantitative estimate of drug-likeness (QED) is 0.323. The zero-order valence-electron chi connectivity index (χ0n) is 13.5. The van der Waals surface area contributed by atoms with E-state index in [2.05, 4.69) is 0 Å². The number of imide groups is 1. The Morgan fingerprint density at radius 3 is 2.38 bits per heavy atom. The fourth-order valence-corrected chi connectivity index (χ4v) is 2.50. The van der Waals surface area contributed by atoms with E-state index in [4.69, 9.17) is 16.2 Å². The number of hydrogen-bond acceptors (Lipinski definition) is 7. The van der Waals surface area contributed by atoms with Crippen molar-refractivity contribution in [3.63, 3.8) is 0 Å². The number of benzene rings is 1. The molecule has 24 heavy (non-hydrogen) atoms. The van der Waals surface area contributed by atoms with Gasteiger partial charge >= 0.3 is 12.0 Å². The van der Waals surface area contributed by atoms with Gasteiger partial charge in [-0.2, -0.15) is 0 Å². The summed E-state index contributed by atoms with van der Waals surface area (Å²) in [6.07, 6.45) is -1.37. The Morgan fingerprint density at radius 1 is 1.21 bits per heavy atom. The van der Waals surface area contributed by atoms with Crippen molar-refractivity contribution in [2.24, 2.45) is 11.5 Å². The zero-order valence-corrected chi connectivity index (χ0v) is 13.5. The highest BCUT2D eigenvalue weighted by atomic mass is 16.5. The lowest BCUT2D eigenvalue weighted by Crippen LogP contribution is -2.78. The maximum Gasteiger partial charge on any atom is 0.327 e. The smallest absolute Gasteiger partial charge is 0.327 e. The number of urea groups is 1. The van der Waals surface area contributed by atoms with Crippen LogP contribution in [-0.2, 0) is 9.59 Å². The number of Topliss-reactive ketones (excluding diaryl/α,β-unsaturated/α-hetero) is 1. The third kappa shape index (κ3) is 2.53. The molecule has 0 radical (unpaired) electrons. The van der Waals surface area contributed by atoms with Gasteiger partial charge in [-0.15, -0.1) is 0 Å². The molecule has 1 aromatic rings. The minimum absolute atomic E-state index is 0.0398. The number of carbonyl (C=O) groups is 4. The highest BCUT2D eigenvalue weighted by Gasteiger charge is 2.57. The molecule has 1 saturated heterocycles. The fourth-order valence-electron chi connectivity index (χ4n) is 2.50. The number of hydrogen-bond donors (Lipinski definition) is 2. The van der Waals surface area contributed by atoms with Crippen LogP contribution in [0.1, 0.15) is 17.3 Å². The number of amides is 3. The van der Waals surface area contributed by atoms with Gasteiger partial charge in [-0.05, 0) is 12.1 Å². The summed E-state index contributed by atoms with van der Waals surface area (Å²) in [6.45, 7) is 1.18. The minimum atomic E-state index is -2.20. The third-order valence-electron chi connectivity index (χ3n) is 3.89. The van der Waals surface area contributed by atoms with Gasteiger partial charge in [0.05, 0.1) is 5.56 Å². The number of likely N-dealkylation sites (N-methyl/N-ethyl adjacent to an activating group) is 2. The van der Waals surface area contributed by atoms with Gasteiger partial charge < -0.3 is 21.1 Å². The molecule has 128 valence electrons. The molecule has 0 bridgehead atoms. The number of ketones is 1. The molecule has 0 spiro atoms. The SMILES string of the molecule is CC(=O)Oc1ccccc1C(=O)C1(N)C(=O)N(C)C(=O)N(C)C1N. The van der Waals surface area contributed by atoms with Crippen molar-refractivity contribution in [2.75, 3.05) is 14.1 Å². The second-order valence-electron chi connectivity index (χ2n) is 5.49. The molecule has 1 heterocycles. The van der Waals surface area contributed by atoms with Gasteiger partial charge in [-0.3, -0.25) is 19.3 Å². The van der Waals surface area contributed by atoms with Crippen LogP contribution < -0.4 is 16.2 Å². The Balaban J connectivity index is 2.54. The standard InChI is InChI=1S/C15H18N4O5/c1-8(20)24-10-7-5-4-6-9(10)11(21)15(17)12(16)18(2)14(23)19(3)13(15)22/h4-7,12H,16-17H2,1-3H3. The molecular formula is C15H18N4O5. The fraction of sp³-hybridized carbons (Fsp3) is 0.333. The summed E-state index contributed by atoms with van der Waals surface area (Å²) in [5.74, 6) is -2.45.